The number of nitrogens with zero attached hydrogens (tertiary/aromatic N) is 3. The fourth-order valence-electron chi connectivity index (χ4n) is 4.80. The first kappa shape index (κ1) is 31.3. The van der Waals surface area contributed by atoms with Crippen LogP contribution in [-0.2, 0) is 13.2 Å². The SMILES string of the molecule is CCN(CC)CCCOc1cccc(-c2cccc(COc3cc(OCc4ccc5nonc5c4)c(C=O)cc3Cl)c2Cl)c1. The minimum Gasteiger partial charge on any atom is -0.494 e. The van der Waals surface area contributed by atoms with E-state index in [1.165, 1.54) is 6.07 Å². The summed E-state index contributed by atoms with van der Waals surface area (Å²) in [4.78, 5) is 14.1. The Hall–Kier alpha value is -4.11. The van der Waals surface area contributed by atoms with Gasteiger partial charge >= 0.3 is 0 Å². The van der Waals surface area contributed by atoms with Crippen molar-refractivity contribution in [1.82, 2.24) is 15.2 Å². The normalized spacial score (nSPS) is 11.2. The minimum atomic E-state index is 0.156. The van der Waals surface area contributed by atoms with E-state index >= 15 is 0 Å². The van der Waals surface area contributed by atoms with Crippen LogP contribution in [0.5, 0.6) is 17.2 Å². The molecule has 0 saturated heterocycles. The van der Waals surface area contributed by atoms with Crippen LogP contribution < -0.4 is 14.2 Å². The number of carbonyl (C=O) groups excluding carboxylic acids is 1. The standard InChI is InChI=1S/C34H33Cl2N3O5/c1-3-39(4-2)14-7-15-41-27-10-5-8-24(17-27)28-11-6-9-25(34(28)36)22-43-33-19-32(26(20-40)18-29(33)35)42-21-23-12-13-30-31(16-23)38-44-37-30/h5-6,8-13,16-20H,3-4,7,14-15,21-22H2,1-2H3. The molecule has 8 nitrogen and oxygen atoms in total. The van der Waals surface area contributed by atoms with Gasteiger partial charge in [-0.1, -0.05) is 73.4 Å². The molecule has 0 unspecified atom stereocenters. The van der Waals surface area contributed by atoms with Crippen LogP contribution in [0.15, 0.2) is 77.4 Å². The number of benzene rings is 4. The summed E-state index contributed by atoms with van der Waals surface area (Å²) in [5.41, 5.74) is 5.00. The van der Waals surface area contributed by atoms with Gasteiger partial charge < -0.3 is 19.1 Å². The van der Waals surface area contributed by atoms with Gasteiger partial charge in [-0.2, -0.15) is 0 Å². The predicted molar refractivity (Wildman–Crippen MR) is 172 cm³/mol. The first-order chi connectivity index (χ1) is 21.5. The van der Waals surface area contributed by atoms with Crippen LogP contribution >= 0.6 is 23.2 Å². The summed E-state index contributed by atoms with van der Waals surface area (Å²) < 4.78 is 22.8. The van der Waals surface area contributed by atoms with Crippen molar-refractivity contribution in [2.75, 3.05) is 26.2 Å². The van der Waals surface area contributed by atoms with E-state index in [1.807, 2.05) is 54.6 Å². The van der Waals surface area contributed by atoms with Crippen LogP contribution in [-0.4, -0.2) is 47.7 Å². The van der Waals surface area contributed by atoms with Crippen molar-refractivity contribution in [3.8, 4) is 28.4 Å². The van der Waals surface area contributed by atoms with Crippen molar-refractivity contribution in [3.63, 3.8) is 0 Å². The second kappa shape index (κ2) is 15.1. The maximum Gasteiger partial charge on any atom is 0.153 e. The first-order valence-electron chi connectivity index (χ1n) is 14.5. The molecule has 1 heterocycles. The van der Waals surface area contributed by atoms with Crippen LogP contribution in [0.1, 0.15) is 41.8 Å². The third-order valence-corrected chi connectivity index (χ3v) is 8.03. The topological polar surface area (TPSA) is 86.9 Å². The summed E-state index contributed by atoms with van der Waals surface area (Å²) in [5.74, 6) is 1.50. The van der Waals surface area contributed by atoms with E-state index in [1.54, 1.807) is 12.1 Å². The monoisotopic (exact) mass is 633 g/mol. The Labute approximate surface area is 266 Å². The Bertz CT molecular complexity index is 1720. The van der Waals surface area contributed by atoms with Crippen molar-refractivity contribution in [1.29, 1.82) is 0 Å². The number of hydrogen-bond donors (Lipinski definition) is 0. The van der Waals surface area contributed by atoms with Crippen LogP contribution in [0.25, 0.3) is 22.2 Å². The first-order valence-corrected chi connectivity index (χ1v) is 15.2. The van der Waals surface area contributed by atoms with E-state index in [2.05, 4.69) is 29.1 Å². The Morgan fingerprint density at radius 3 is 2.45 bits per heavy atom. The lowest BCUT2D eigenvalue weighted by Crippen LogP contribution is -2.25. The Balaban J connectivity index is 1.26. The molecule has 0 aliphatic carbocycles. The lowest BCUT2D eigenvalue weighted by molar-refractivity contribution is 0.111. The second-order valence-corrected chi connectivity index (χ2v) is 10.9. The van der Waals surface area contributed by atoms with E-state index in [9.17, 15) is 4.79 Å². The highest BCUT2D eigenvalue weighted by Crippen LogP contribution is 2.36. The zero-order valence-corrected chi connectivity index (χ0v) is 26.1. The van der Waals surface area contributed by atoms with E-state index in [0.717, 1.165) is 54.1 Å². The molecular weight excluding hydrogens is 601 g/mol. The van der Waals surface area contributed by atoms with Gasteiger partial charge in [0, 0.05) is 23.7 Å². The lowest BCUT2D eigenvalue weighted by atomic mass is 10.0. The smallest absolute Gasteiger partial charge is 0.153 e. The summed E-state index contributed by atoms with van der Waals surface area (Å²) in [5, 5.41) is 8.52. The molecule has 0 N–H and O–H groups in total. The van der Waals surface area contributed by atoms with Crippen molar-refractivity contribution < 1.29 is 23.6 Å². The summed E-state index contributed by atoms with van der Waals surface area (Å²) >= 11 is 13.4. The quantitative estimate of drug-likeness (QED) is 0.0840. The van der Waals surface area contributed by atoms with Crippen molar-refractivity contribution in [2.45, 2.75) is 33.5 Å². The van der Waals surface area contributed by atoms with Gasteiger partial charge in [0.1, 0.15) is 41.5 Å². The maximum atomic E-state index is 11.7. The molecule has 0 radical (unpaired) electrons. The molecule has 1 aromatic heterocycles. The number of halogens is 2. The van der Waals surface area contributed by atoms with Crippen molar-refractivity contribution >= 4 is 40.5 Å². The molecule has 0 aliphatic heterocycles. The third-order valence-electron chi connectivity index (χ3n) is 7.29. The fraction of sp³-hybridized carbons (Fsp3) is 0.265. The molecule has 0 bridgehead atoms. The van der Waals surface area contributed by atoms with Gasteiger partial charge in [-0.05, 0) is 71.3 Å². The van der Waals surface area contributed by atoms with Gasteiger partial charge in [-0.15, -0.1) is 0 Å². The highest BCUT2D eigenvalue weighted by molar-refractivity contribution is 6.34. The molecule has 5 rings (SSSR count). The molecule has 0 fully saturated rings. The average molecular weight is 635 g/mol. The molecule has 0 aliphatic rings. The van der Waals surface area contributed by atoms with E-state index in [4.69, 9.17) is 42.0 Å². The Morgan fingerprint density at radius 1 is 0.841 bits per heavy atom. The molecule has 44 heavy (non-hydrogen) atoms. The van der Waals surface area contributed by atoms with Gasteiger partial charge in [-0.25, -0.2) is 4.63 Å². The molecule has 0 atom stereocenters. The number of aromatic nitrogens is 2. The molecule has 0 spiro atoms. The van der Waals surface area contributed by atoms with Gasteiger partial charge in [0.15, 0.2) is 6.29 Å². The van der Waals surface area contributed by atoms with E-state index < -0.39 is 0 Å². The molecule has 10 heteroatoms. The zero-order chi connectivity index (χ0) is 30.9. The zero-order valence-electron chi connectivity index (χ0n) is 24.6. The average Bonchev–Trinajstić information content (AvgIpc) is 3.52. The number of rotatable bonds is 15. The van der Waals surface area contributed by atoms with Crippen molar-refractivity contribution in [3.05, 3.63) is 99.5 Å². The molecule has 0 saturated carbocycles. The number of carbonyl (C=O) groups is 1. The molecule has 0 amide bonds. The van der Waals surface area contributed by atoms with Crippen molar-refractivity contribution in [2.24, 2.45) is 0 Å². The van der Waals surface area contributed by atoms with E-state index in [0.29, 0.717) is 46.0 Å². The summed E-state index contributed by atoms with van der Waals surface area (Å²) in [6.45, 7) is 8.42. The fourth-order valence-corrected chi connectivity index (χ4v) is 5.31. The Morgan fingerprint density at radius 2 is 1.64 bits per heavy atom. The molecule has 4 aromatic carbocycles. The highest BCUT2D eigenvalue weighted by Gasteiger charge is 2.14. The van der Waals surface area contributed by atoms with Crippen LogP contribution in [0.4, 0.5) is 0 Å². The summed E-state index contributed by atoms with van der Waals surface area (Å²) in [7, 11) is 0. The van der Waals surface area contributed by atoms with Gasteiger partial charge in [0.2, 0.25) is 0 Å². The number of aldehydes is 1. The summed E-state index contributed by atoms with van der Waals surface area (Å²) in [6, 6.07) is 22.3. The molecule has 5 aromatic rings. The number of hydrogen-bond acceptors (Lipinski definition) is 8. The Kier molecular flexibility index (Phi) is 10.7. The lowest BCUT2D eigenvalue weighted by Gasteiger charge is -2.18. The summed E-state index contributed by atoms with van der Waals surface area (Å²) in [6.07, 6.45) is 1.65. The largest absolute Gasteiger partial charge is 0.494 e. The van der Waals surface area contributed by atoms with Crippen LogP contribution in [0.2, 0.25) is 10.0 Å². The molecule has 228 valence electrons. The maximum absolute atomic E-state index is 11.7. The predicted octanol–water partition coefficient (Wildman–Crippen LogP) is 8.28. The molecular formula is C34H33Cl2N3O5. The second-order valence-electron chi connectivity index (χ2n) is 10.1. The van der Waals surface area contributed by atoms with Gasteiger partial charge in [-0.3, -0.25) is 4.79 Å². The van der Waals surface area contributed by atoms with E-state index in [-0.39, 0.29) is 18.2 Å². The van der Waals surface area contributed by atoms with Gasteiger partial charge in [0.05, 0.1) is 22.2 Å². The third kappa shape index (κ3) is 7.69. The van der Waals surface area contributed by atoms with Crippen LogP contribution in [0.3, 0.4) is 0 Å². The number of ether oxygens (including phenoxy) is 3. The minimum absolute atomic E-state index is 0.156. The number of fused-ring (bicyclic) bond motifs is 1. The van der Waals surface area contributed by atoms with Crippen LogP contribution in [0, 0.1) is 0 Å². The van der Waals surface area contributed by atoms with Gasteiger partial charge in [0.25, 0.3) is 0 Å². The highest BCUT2D eigenvalue weighted by atomic mass is 35.5.